The molecule has 1 aromatic heterocycles. The predicted molar refractivity (Wildman–Crippen MR) is 84.0 cm³/mol. The molecule has 0 atom stereocenters. The van der Waals surface area contributed by atoms with E-state index in [4.69, 9.17) is 22.3 Å². The van der Waals surface area contributed by atoms with Crippen molar-refractivity contribution in [3.05, 3.63) is 46.5 Å². The standard InChI is InChI=1S/C15H13ClN2S/c1-8-5-9(2)14-13(6-8)19-15(18-14)11-7-10(16)3-4-12(11)17/h3-7H,17H2,1-2H3. The monoisotopic (exact) mass is 288 g/mol. The molecular weight excluding hydrogens is 276 g/mol. The van der Waals surface area contributed by atoms with Crippen LogP contribution in [0.2, 0.25) is 5.02 Å². The lowest BCUT2D eigenvalue weighted by molar-refractivity contribution is 1.38. The second-order valence-electron chi connectivity index (χ2n) is 4.68. The van der Waals surface area contributed by atoms with E-state index in [9.17, 15) is 0 Å². The predicted octanol–water partition coefficient (Wildman–Crippen LogP) is 4.82. The molecule has 0 bridgehead atoms. The lowest BCUT2D eigenvalue weighted by atomic mass is 10.1. The number of nitrogens with two attached hydrogens (primary N) is 1. The fourth-order valence-electron chi connectivity index (χ4n) is 2.20. The Bertz CT molecular complexity index is 777. The largest absolute Gasteiger partial charge is 0.398 e. The zero-order valence-corrected chi connectivity index (χ0v) is 12.3. The van der Waals surface area contributed by atoms with Gasteiger partial charge in [-0.15, -0.1) is 11.3 Å². The van der Waals surface area contributed by atoms with Crippen molar-refractivity contribution in [2.45, 2.75) is 13.8 Å². The highest BCUT2D eigenvalue weighted by molar-refractivity contribution is 7.21. The molecule has 0 amide bonds. The van der Waals surface area contributed by atoms with Crippen LogP contribution in [0.3, 0.4) is 0 Å². The molecule has 0 aliphatic carbocycles. The highest BCUT2D eigenvalue weighted by Crippen LogP contribution is 2.36. The molecule has 2 N–H and O–H groups in total. The summed E-state index contributed by atoms with van der Waals surface area (Å²) in [5, 5.41) is 1.60. The van der Waals surface area contributed by atoms with Gasteiger partial charge < -0.3 is 5.73 Å². The SMILES string of the molecule is Cc1cc(C)c2nc(-c3cc(Cl)ccc3N)sc2c1. The Balaban J connectivity index is 2.26. The van der Waals surface area contributed by atoms with Crippen LogP contribution in [0.1, 0.15) is 11.1 Å². The van der Waals surface area contributed by atoms with E-state index in [2.05, 4.69) is 26.0 Å². The van der Waals surface area contributed by atoms with Gasteiger partial charge in [-0.05, 0) is 49.2 Å². The van der Waals surface area contributed by atoms with E-state index in [0.717, 1.165) is 16.1 Å². The second-order valence-corrected chi connectivity index (χ2v) is 6.15. The Morgan fingerprint density at radius 3 is 2.74 bits per heavy atom. The summed E-state index contributed by atoms with van der Waals surface area (Å²) < 4.78 is 1.19. The summed E-state index contributed by atoms with van der Waals surface area (Å²) in [6.45, 7) is 4.18. The molecule has 1 heterocycles. The molecule has 0 saturated heterocycles. The van der Waals surface area contributed by atoms with Crippen LogP contribution >= 0.6 is 22.9 Å². The first kappa shape index (κ1) is 12.5. The van der Waals surface area contributed by atoms with Gasteiger partial charge in [0.05, 0.1) is 10.2 Å². The lowest BCUT2D eigenvalue weighted by Crippen LogP contribution is -1.89. The number of fused-ring (bicyclic) bond motifs is 1. The van der Waals surface area contributed by atoms with Crippen molar-refractivity contribution >= 4 is 38.8 Å². The van der Waals surface area contributed by atoms with Gasteiger partial charge >= 0.3 is 0 Å². The van der Waals surface area contributed by atoms with Crippen LogP contribution < -0.4 is 5.73 Å². The third-order valence-corrected chi connectivity index (χ3v) is 4.35. The summed E-state index contributed by atoms with van der Waals surface area (Å²) in [6.07, 6.45) is 0. The van der Waals surface area contributed by atoms with Crippen molar-refractivity contribution in [1.82, 2.24) is 4.98 Å². The minimum atomic E-state index is 0.677. The molecule has 0 aliphatic rings. The fourth-order valence-corrected chi connectivity index (χ4v) is 3.55. The first-order valence-electron chi connectivity index (χ1n) is 5.98. The van der Waals surface area contributed by atoms with Crippen LogP contribution in [0, 0.1) is 13.8 Å². The Morgan fingerprint density at radius 2 is 1.95 bits per heavy atom. The zero-order chi connectivity index (χ0) is 13.6. The van der Waals surface area contributed by atoms with E-state index in [1.165, 1.54) is 15.8 Å². The third kappa shape index (κ3) is 2.20. The van der Waals surface area contributed by atoms with Gasteiger partial charge in [0, 0.05) is 16.3 Å². The van der Waals surface area contributed by atoms with E-state index in [1.807, 2.05) is 12.1 Å². The normalized spacial score (nSPS) is 11.1. The van der Waals surface area contributed by atoms with Crippen LogP contribution in [0.5, 0.6) is 0 Å². The van der Waals surface area contributed by atoms with Crippen LogP contribution in [0.4, 0.5) is 5.69 Å². The fraction of sp³-hybridized carbons (Fsp3) is 0.133. The van der Waals surface area contributed by atoms with Crippen molar-refractivity contribution in [1.29, 1.82) is 0 Å². The number of halogens is 1. The number of aromatic nitrogens is 1. The van der Waals surface area contributed by atoms with Gasteiger partial charge in [-0.3, -0.25) is 0 Å². The van der Waals surface area contributed by atoms with Gasteiger partial charge in [0.1, 0.15) is 5.01 Å². The summed E-state index contributed by atoms with van der Waals surface area (Å²) >= 11 is 7.70. The highest BCUT2D eigenvalue weighted by atomic mass is 35.5. The summed E-state index contributed by atoms with van der Waals surface area (Å²) in [5.41, 5.74) is 11.1. The molecule has 0 unspecified atom stereocenters. The van der Waals surface area contributed by atoms with Crippen molar-refractivity contribution in [2.75, 3.05) is 5.73 Å². The molecule has 96 valence electrons. The van der Waals surface area contributed by atoms with E-state index in [-0.39, 0.29) is 0 Å². The average Bonchev–Trinajstić information content (AvgIpc) is 2.76. The molecule has 0 spiro atoms. The Morgan fingerprint density at radius 1 is 1.16 bits per heavy atom. The molecule has 0 saturated carbocycles. The number of anilines is 1. The molecular formula is C15H13ClN2S. The van der Waals surface area contributed by atoms with Crippen LogP contribution in [-0.4, -0.2) is 4.98 Å². The van der Waals surface area contributed by atoms with Gasteiger partial charge in [0.2, 0.25) is 0 Å². The molecule has 3 rings (SSSR count). The van der Waals surface area contributed by atoms with Crippen LogP contribution in [0.25, 0.3) is 20.8 Å². The number of nitrogens with zero attached hydrogens (tertiary/aromatic N) is 1. The number of nitrogen functional groups attached to an aromatic ring is 1. The molecule has 3 aromatic rings. The molecule has 2 aromatic carbocycles. The van der Waals surface area contributed by atoms with Crippen molar-refractivity contribution in [3.8, 4) is 10.6 Å². The molecule has 2 nitrogen and oxygen atoms in total. The Kier molecular flexibility index (Phi) is 2.96. The zero-order valence-electron chi connectivity index (χ0n) is 10.7. The van der Waals surface area contributed by atoms with Gasteiger partial charge in [0.15, 0.2) is 0 Å². The minimum absolute atomic E-state index is 0.677. The number of hydrogen-bond donors (Lipinski definition) is 1. The maximum absolute atomic E-state index is 6.04. The quantitative estimate of drug-likeness (QED) is 0.652. The number of rotatable bonds is 1. The smallest absolute Gasteiger partial charge is 0.126 e. The van der Waals surface area contributed by atoms with Gasteiger partial charge in [0.25, 0.3) is 0 Å². The van der Waals surface area contributed by atoms with Gasteiger partial charge in [-0.1, -0.05) is 17.7 Å². The van der Waals surface area contributed by atoms with Crippen LogP contribution in [-0.2, 0) is 0 Å². The number of hydrogen-bond acceptors (Lipinski definition) is 3. The molecule has 0 radical (unpaired) electrons. The van der Waals surface area contributed by atoms with Crippen molar-refractivity contribution in [3.63, 3.8) is 0 Å². The van der Waals surface area contributed by atoms with Crippen LogP contribution in [0.15, 0.2) is 30.3 Å². The van der Waals surface area contributed by atoms with E-state index in [1.54, 1.807) is 17.4 Å². The summed E-state index contributed by atoms with van der Waals surface area (Å²) in [4.78, 5) is 4.71. The van der Waals surface area contributed by atoms with E-state index in [0.29, 0.717) is 10.7 Å². The summed E-state index contributed by atoms with van der Waals surface area (Å²) in [5.74, 6) is 0. The van der Waals surface area contributed by atoms with Gasteiger partial charge in [-0.25, -0.2) is 4.98 Å². The molecule has 0 aliphatic heterocycles. The molecule has 4 heteroatoms. The second kappa shape index (κ2) is 4.51. The summed E-state index contributed by atoms with van der Waals surface area (Å²) in [6, 6.07) is 9.79. The Labute approximate surface area is 120 Å². The average molecular weight is 289 g/mol. The van der Waals surface area contributed by atoms with E-state index < -0.39 is 0 Å². The first-order valence-corrected chi connectivity index (χ1v) is 7.17. The van der Waals surface area contributed by atoms with Gasteiger partial charge in [-0.2, -0.15) is 0 Å². The van der Waals surface area contributed by atoms with Crippen molar-refractivity contribution < 1.29 is 0 Å². The highest BCUT2D eigenvalue weighted by Gasteiger charge is 2.11. The molecule has 19 heavy (non-hydrogen) atoms. The topological polar surface area (TPSA) is 38.9 Å². The lowest BCUT2D eigenvalue weighted by Gasteiger charge is -2.01. The number of benzene rings is 2. The third-order valence-electron chi connectivity index (χ3n) is 3.08. The first-order chi connectivity index (χ1) is 9.04. The van der Waals surface area contributed by atoms with E-state index >= 15 is 0 Å². The summed E-state index contributed by atoms with van der Waals surface area (Å²) in [7, 11) is 0. The minimum Gasteiger partial charge on any atom is -0.398 e. The van der Waals surface area contributed by atoms with Crippen molar-refractivity contribution in [2.24, 2.45) is 0 Å². The Hall–Kier alpha value is -1.58. The number of thiazole rings is 1. The maximum Gasteiger partial charge on any atom is 0.126 e. The number of aryl methyl sites for hydroxylation is 2. The maximum atomic E-state index is 6.04. The molecule has 0 fully saturated rings.